The third-order valence-electron chi connectivity index (χ3n) is 2.77. The van der Waals surface area contributed by atoms with Crippen molar-refractivity contribution >= 4 is 10.8 Å². The van der Waals surface area contributed by atoms with Gasteiger partial charge in [-0.15, -0.1) is 10.2 Å². The summed E-state index contributed by atoms with van der Waals surface area (Å²) in [7, 11) is 0. The Labute approximate surface area is 98.2 Å². The van der Waals surface area contributed by atoms with Crippen molar-refractivity contribution in [2.24, 2.45) is 0 Å². The normalized spacial score (nSPS) is 10.9. The lowest BCUT2D eigenvalue weighted by Crippen LogP contribution is -1.99. The van der Waals surface area contributed by atoms with E-state index in [0.29, 0.717) is 5.82 Å². The van der Waals surface area contributed by atoms with Crippen molar-refractivity contribution in [2.75, 3.05) is 0 Å². The Kier molecular flexibility index (Phi) is 2.34. The molecule has 1 heterocycles. The van der Waals surface area contributed by atoms with Crippen LogP contribution in [0.3, 0.4) is 0 Å². The molecule has 0 atom stereocenters. The molecular formula is C13H11N3O. The highest BCUT2D eigenvalue weighted by atomic mass is 16.3. The number of aliphatic hydroxyl groups is 1. The maximum atomic E-state index is 9.16. The number of nitrogens with zero attached hydrogens (tertiary/aromatic N) is 3. The molecular weight excluding hydrogens is 214 g/mol. The van der Waals surface area contributed by atoms with Gasteiger partial charge in [-0.25, -0.2) is 0 Å². The lowest BCUT2D eigenvalue weighted by Gasteiger charge is -2.06. The van der Waals surface area contributed by atoms with E-state index in [1.165, 1.54) is 5.39 Å². The van der Waals surface area contributed by atoms with Crippen LogP contribution in [0.25, 0.3) is 16.5 Å². The molecule has 4 heteroatoms. The molecule has 0 bridgehead atoms. The third-order valence-corrected chi connectivity index (χ3v) is 2.77. The molecule has 0 spiro atoms. The average Bonchev–Trinajstić information content (AvgIpc) is 2.86. The number of benzene rings is 2. The smallest absolute Gasteiger partial charge is 0.163 e. The van der Waals surface area contributed by atoms with Crippen LogP contribution in [0, 0.1) is 0 Å². The summed E-state index contributed by atoms with van der Waals surface area (Å²) in [5.74, 6) is 0.542. The van der Waals surface area contributed by atoms with Crippen LogP contribution in [0.5, 0.6) is 0 Å². The predicted molar refractivity (Wildman–Crippen MR) is 64.8 cm³/mol. The molecule has 0 aliphatic rings. The number of aromatic nitrogens is 3. The lowest BCUT2D eigenvalue weighted by molar-refractivity contribution is 0.269. The second-order valence-electron chi connectivity index (χ2n) is 3.81. The van der Waals surface area contributed by atoms with Gasteiger partial charge in [-0.05, 0) is 22.9 Å². The van der Waals surface area contributed by atoms with Gasteiger partial charge >= 0.3 is 0 Å². The Morgan fingerprint density at radius 3 is 2.71 bits per heavy atom. The van der Waals surface area contributed by atoms with Crippen molar-refractivity contribution in [3.63, 3.8) is 0 Å². The molecule has 0 amide bonds. The standard InChI is InChI=1S/C13H11N3O/c17-8-13-15-14-9-16(13)12-6-5-10-3-1-2-4-11(10)7-12/h1-7,9,17H,8H2. The van der Waals surface area contributed by atoms with Crippen LogP contribution in [-0.4, -0.2) is 19.9 Å². The third kappa shape index (κ3) is 1.68. The summed E-state index contributed by atoms with van der Waals surface area (Å²) in [5, 5.41) is 19.2. The zero-order valence-electron chi connectivity index (χ0n) is 9.11. The Bertz CT molecular complexity index is 660. The van der Waals surface area contributed by atoms with Crippen molar-refractivity contribution in [3.05, 3.63) is 54.6 Å². The van der Waals surface area contributed by atoms with Gasteiger partial charge in [0.05, 0.1) is 0 Å². The van der Waals surface area contributed by atoms with Crippen molar-refractivity contribution < 1.29 is 5.11 Å². The fourth-order valence-electron chi connectivity index (χ4n) is 1.91. The SMILES string of the molecule is OCc1nncn1-c1ccc2ccccc2c1. The van der Waals surface area contributed by atoms with Crippen LogP contribution in [0.15, 0.2) is 48.8 Å². The molecule has 3 rings (SSSR count). The van der Waals surface area contributed by atoms with E-state index in [-0.39, 0.29) is 6.61 Å². The lowest BCUT2D eigenvalue weighted by atomic mass is 10.1. The zero-order valence-corrected chi connectivity index (χ0v) is 9.11. The molecule has 1 aromatic heterocycles. The van der Waals surface area contributed by atoms with Crippen molar-refractivity contribution in [2.45, 2.75) is 6.61 Å². The minimum Gasteiger partial charge on any atom is -0.388 e. The van der Waals surface area contributed by atoms with E-state index in [0.717, 1.165) is 11.1 Å². The van der Waals surface area contributed by atoms with Gasteiger partial charge in [-0.2, -0.15) is 0 Å². The predicted octanol–water partition coefficient (Wildman–Crippen LogP) is 1.91. The maximum Gasteiger partial charge on any atom is 0.163 e. The second kappa shape index (κ2) is 3.99. The number of rotatable bonds is 2. The van der Waals surface area contributed by atoms with E-state index < -0.39 is 0 Å². The molecule has 0 saturated heterocycles. The number of hydrogen-bond donors (Lipinski definition) is 1. The molecule has 0 saturated carbocycles. The van der Waals surface area contributed by atoms with E-state index >= 15 is 0 Å². The summed E-state index contributed by atoms with van der Waals surface area (Å²) in [6.45, 7) is -0.118. The summed E-state index contributed by atoms with van der Waals surface area (Å²) < 4.78 is 1.78. The summed E-state index contributed by atoms with van der Waals surface area (Å²) in [6, 6.07) is 14.2. The quantitative estimate of drug-likeness (QED) is 0.724. The largest absolute Gasteiger partial charge is 0.388 e. The van der Waals surface area contributed by atoms with Gasteiger partial charge in [0.15, 0.2) is 5.82 Å². The van der Waals surface area contributed by atoms with Gasteiger partial charge in [0.25, 0.3) is 0 Å². The number of hydrogen-bond acceptors (Lipinski definition) is 3. The molecule has 0 unspecified atom stereocenters. The molecule has 3 aromatic rings. The molecule has 0 radical (unpaired) electrons. The Hall–Kier alpha value is -2.20. The fourth-order valence-corrected chi connectivity index (χ4v) is 1.91. The first-order valence-corrected chi connectivity index (χ1v) is 5.37. The van der Waals surface area contributed by atoms with Crippen LogP contribution in [0.4, 0.5) is 0 Å². The van der Waals surface area contributed by atoms with Gasteiger partial charge in [0.1, 0.15) is 12.9 Å². The fraction of sp³-hybridized carbons (Fsp3) is 0.0769. The minimum absolute atomic E-state index is 0.118. The molecule has 4 nitrogen and oxygen atoms in total. The summed E-state index contributed by atoms with van der Waals surface area (Å²) in [4.78, 5) is 0. The average molecular weight is 225 g/mol. The van der Waals surface area contributed by atoms with Crippen LogP contribution in [0.1, 0.15) is 5.82 Å². The summed E-state index contributed by atoms with van der Waals surface area (Å²) in [6.07, 6.45) is 1.61. The second-order valence-corrected chi connectivity index (χ2v) is 3.81. The van der Waals surface area contributed by atoms with Gasteiger partial charge in [0.2, 0.25) is 0 Å². The number of fused-ring (bicyclic) bond motifs is 1. The molecule has 84 valence electrons. The highest BCUT2D eigenvalue weighted by molar-refractivity contribution is 5.84. The first kappa shape index (κ1) is 9.99. The Morgan fingerprint density at radius 2 is 1.88 bits per heavy atom. The Balaban J connectivity index is 2.18. The van der Waals surface area contributed by atoms with Crippen molar-refractivity contribution in [1.29, 1.82) is 0 Å². The van der Waals surface area contributed by atoms with Crippen LogP contribution < -0.4 is 0 Å². The first-order valence-electron chi connectivity index (χ1n) is 5.37. The maximum absolute atomic E-state index is 9.16. The molecule has 0 fully saturated rings. The van der Waals surface area contributed by atoms with E-state index in [1.807, 2.05) is 24.3 Å². The molecule has 1 N–H and O–H groups in total. The van der Waals surface area contributed by atoms with Gasteiger partial charge in [0, 0.05) is 5.69 Å². The minimum atomic E-state index is -0.118. The molecule has 17 heavy (non-hydrogen) atoms. The highest BCUT2D eigenvalue weighted by Crippen LogP contribution is 2.18. The van der Waals surface area contributed by atoms with E-state index in [2.05, 4.69) is 28.4 Å². The Morgan fingerprint density at radius 1 is 1.06 bits per heavy atom. The number of aliphatic hydroxyl groups excluding tert-OH is 1. The topological polar surface area (TPSA) is 50.9 Å². The monoisotopic (exact) mass is 225 g/mol. The van der Waals surface area contributed by atoms with Gasteiger partial charge in [-0.1, -0.05) is 30.3 Å². The molecule has 0 aliphatic heterocycles. The summed E-state index contributed by atoms with van der Waals surface area (Å²) in [5.41, 5.74) is 0.956. The van der Waals surface area contributed by atoms with E-state index in [1.54, 1.807) is 10.9 Å². The van der Waals surface area contributed by atoms with Crippen molar-refractivity contribution in [1.82, 2.24) is 14.8 Å². The van der Waals surface area contributed by atoms with Crippen LogP contribution >= 0.6 is 0 Å². The van der Waals surface area contributed by atoms with E-state index in [4.69, 9.17) is 5.11 Å². The highest BCUT2D eigenvalue weighted by Gasteiger charge is 2.05. The van der Waals surface area contributed by atoms with Crippen LogP contribution in [-0.2, 0) is 6.61 Å². The van der Waals surface area contributed by atoms with Gasteiger partial charge < -0.3 is 5.11 Å². The van der Waals surface area contributed by atoms with Crippen LogP contribution in [0.2, 0.25) is 0 Å². The molecule has 2 aromatic carbocycles. The van der Waals surface area contributed by atoms with Gasteiger partial charge in [-0.3, -0.25) is 4.57 Å². The zero-order chi connectivity index (χ0) is 11.7. The van der Waals surface area contributed by atoms with E-state index in [9.17, 15) is 0 Å². The summed E-state index contributed by atoms with van der Waals surface area (Å²) >= 11 is 0. The van der Waals surface area contributed by atoms with Crippen molar-refractivity contribution in [3.8, 4) is 5.69 Å². The molecule has 0 aliphatic carbocycles. The first-order chi connectivity index (χ1) is 8.38.